The van der Waals surface area contributed by atoms with Crippen LogP contribution in [0.15, 0.2) is 60.7 Å². The molecule has 0 radical (unpaired) electrons. The van der Waals surface area contributed by atoms with Gasteiger partial charge in [-0.1, -0.05) is 100 Å². The van der Waals surface area contributed by atoms with Crippen molar-refractivity contribution in [3.63, 3.8) is 0 Å². The summed E-state index contributed by atoms with van der Waals surface area (Å²) in [4.78, 5) is 0. The van der Waals surface area contributed by atoms with Gasteiger partial charge in [0.15, 0.2) is 0 Å². The maximum absolute atomic E-state index is 2.43. The van der Waals surface area contributed by atoms with Gasteiger partial charge in [-0.25, -0.2) is 0 Å². The monoisotopic (exact) mass is 368 g/mol. The molecule has 0 spiro atoms. The zero-order valence-electron chi connectivity index (χ0n) is 17.4. The van der Waals surface area contributed by atoms with Gasteiger partial charge in [-0.3, -0.25) is 0 Å². The van der Waals surface area contributed by atoms with Gasteiger partial charge in [0.2, 0.25) is 0 Å². The molecule has 0 saturated carbocycles. The lowest BCUT2D eigenvalue weighted by atomic mass is 9.86. The molecule has 0 aliphatic carbocycles. The predicted molar refractivity (Wildman–Crippen MR) is 125 cm³/mol. The molecule has 0 atom stereocenters. The molecule has 4 aromatic rings. The van der Waals surface area contributed by atoms with E-state index in [0.29, 0.717) is 0 Å². The molecule has 0 aromatic heterocycles. The Morgan fingerprint density at radius 1 is 0.500 bits per heavy atom. The molecule has 0 amide bonds. The maximum Gasteiger partial charge on any atom is -0.00641 e. The van der Waals surface area contributed by atoms with Crippen LogP contribution in [0, 0.1) is 0 Å². The summed E-state index contributed by atoms with van der Waals surface area (Å²) in [6, 6.07) is 22.8. The Balaban J connectivity index is 2.01. The molecule has 0 bridgehead atoms. The highest BCUT2D eigenvalue weighted by Crippen LogP contribution is 2.38. The Hall–Kier alpha value is -2.34. The molecular formula is C28H32. The number of aryl methyl sites for hydroxylation is 2. The van der Waals surface area contributed by atoms with Crippen LogP contribution < -0.4 is 0 Å². The molecule has 0 fully saturated rings. The van der Waals surface area contributed by atoms with Crippen LogP contribution in [0.1, 0.15) is 63.5 Å². The van der Waals surface area contributed by atoms with Crippen LogP contribution in [0.2, 0.25) is 0 Å². The minimum Gasteiger partial charge on any atom is -0.0654 e. The molecule has 28 heavy (non-hydrogen) atoms. The van der Waals surface area contributed by atoms with Crippen LogP contribution in [0.5, 0.6) is 0 Å². The maximum atomic E-state index is 2.43. The Morgan fingerprint density at radius 2 is 1.00 bits per heavy atom. The fourth-order valence-electron chi connectivity index (χ4n) is 4.75. The third kappa shape index (κ3) is 3.53. The molecular weight excluding hydrogens is 336 g/mol. The summed E-state index contributed by atoms with van der Waals surface area (Å²) in [6.07, 6.45) is 10.2. The van der Waals surface area contributed by atoms with Gasteiger partial charge >= 0.3 is 0 Å². The van der Waals surface area contributed by atoms with Crippen molar-refractivity contribution in [1.82, 2.24) is 0 Å². The first kappa shape index (κ1) is 19.0. The van der Waals surface area contributed by atoms with E-state index in [0.717, 1.165) is 0 Å². The van der Waals surface area contributed by atoms with Crippen molar-refractivity contribution in [2.75, 3.05) is 0 Å². The van der Waals surface area contributed by atoms with Crippen molar-refractivity contribution in [2.24, 2.45) is 0 Å². The third-order valence-corrected chi connectivity index (χ3v) is 6.19. The molecule has 0 aliphatic heterocycles. The number of hydrogen-bond acceptors (Lipinski definition) is 0. The fraction of sp³-hybridized carbons (Fsp3) is 0.357. The van der Waals surface area contributed by atoms with Gasteiger partial charge in [-0.15, -0.1) is 0 Å². The summed E-state index contributed by atoms with van der Waals surface area (Å²) in [5.74, 6) is 0. The normalized spacial score (nSPS) is 11.6. The van der Waals surface area contributed by atoms with Gasteiger partial charge in [0.25, 0.3) is 0 Å². The second-order valence-electron chi connectivity index (χ2n) is 8.13. The van der Waals surface area contributed by atoms with E-state index in [1.54, 1.807) is 11.1 Å². The van der Waals surface area contributed by atoms with Gasteiger partial charge in [0, 0.05) is 0 Å². The molecule has 0 N–H and O–H groups in total. The topological polar surface area (TPSA) is 0 Å². The zero-order valence-corrected chi connectivity index (χ0v) is 17.4. The standard InChI is InChI=1S/C28H32/c1-3-5-7-13-21-19-20-27-25-17-10-9-15-23(25)24-16-11-12-18-26(24)28(27)22(21)14-8-6-4-2/h9-12,15-20H,3-8,13-14H2,1-2H3. The van der Waals surface area contributed by atoms with E-state index in [1.165, 1.54) is 83.7 Å². The molecule has 0 heterocycles. The van der Waals surface area contributed by atoms with Crippen LogP contribution in [-0.4, -0.2) is 0 Å². The molecule has 144 valence electrons. The van der Waals surface area contributed by atoms with E-state index < -0.39 is 0 Å². The van der Waals surface area contributed by atoms with Crippen LogP contribution in [-0.2, 0) is 12.8 Å². The van der Waals surface area contributed by atoms with Crippen molar-refractivity contribution in [3.8, 4) is 0 Å². The number of benzene rings is 4. The van der Waals surface area contributed by atoms with E-state index >= 15 is 0 Å². The minimum atomic E-state index is 1.20. The largest absolute Gasteiger partial charge is 0.0654 e. The second kappa shape index (κ2) is 8.78. The summed E-state index contributed by atoms with van der Waals surface area (Å²) < 4.78 is 0. The predicted octanol–water partition coefficient (Wildman–Crippen LogP) is 8.61. The van der Waals surface area contributed by atoms with E-state index in [4.69, 9.17) is 0 Å². The summed E-state index contributed by atoms with van der Waals surface area (Å²) in [7, 11) is 0. The molecule has 0 unspecified atom stereocenters. The number of unbranched alkanes of at least 4 members (excludes halogenated alkanes) is 4. The van der Waals surface area contributed by atoms with Crippen molar-refractivity contribution in [1.29, 1.82) is 0 Å². The Bertz CT molecular complexity index is 1050. The molecule has 0 saturated heterocycles. The lowest BCUT2D eigenvalue weighted by Gasteiger charge is -2.18. The lowest BCUT2D eigenvalue weighted by molar-refractivity contribution is 0.696. The summed E-state index contributed by atoms with van der Waals surface area (Å²) in [5.41, 5.74) is 3.20. The summed E-state index contributed by atoms with van der Waals surface area (Å²) >= 11 is 0. The van der Waals surface area contributed by atoms with Gasteiger partial charge in [-0.05, 0) is 69.1 Å². The Morgan fingerprint density at radius 3 is 1.61 bits per heavy atom. The first-order chi connectivity index (χ1) is 13.8. The summed E-state index contributed by atoms with van der Waals surface area (Å²) in [6.45, 7) is 4.59. The van der Waals surface area contributed by atoms with Gasteiger partial charge in [0.05, 0.1) is 0 Å². The molecule has 4 aromatic carbocycles. The minimum absolute atomic E-state index is 1.20. The highest BCUT2D eigenvalue weighted by Gasteiger charge is 2.14. The van der Waals surface area contributed by atoms with Gasteiger partial charge in [0.1, 0.15) is 0 Å². The first-order valence-corrected chi connectivity index (χ1v) is 11.2. The number of rotatable bonds is 8. The van der Waals surface area contributed by atoms with Crippen molar-refractivity contribution in [2.45, 2.75) is 65.2 Å². The van der Waals surface area contributed by atoms with Crippen LogP contribution in [0.3, 0.4) is 0 Å². The highest BCUT2D eigenvalue weighted by atomic mass is 14.2. The molecule has 0 nitrogen and oxygen atoms in total. The van der Waals surface area contributed by atoms with Crippen molar-refractivity contribution < 1.29 is 0 Å². The number of fused-ring (bicyclic) bond motifs is 6. The smallest absolute Gasteiger partial charge is 0.00641 e. The quantitative estimate of drug-likeness (QED) is 0.216. The van der Waals surface area contributed by atoms with Gasteiger partial charge < -0.3 is 0 Å². The third-order valence-electron chi connectivity index (χ3n) is 6.19. The highest BCUT2D eigenvalue weighted by molar-refractivity contribution is 6.26. The summed E-state index contributed by atoms with van der Waals surface area (Å²) in [5, 5.41) is 8.55. The van der Waals surface area contributed by atoms with E-state index in [1.807, 2.05) is 0 Å². The van der Waals surface area contributed by atoms with Crippen LogP contribution >= 0.6 is 0 Å². The van der Waals surface area contributed by atoms with Gasteiger partial charge in [-0.2, -0.15) is 0 Å². The zero-order chi connectivity index (χ0) is 19.3. The average Bonchev–Trinajstić information content (AvgIpc) is 2.75. The molecule has 4 rings (SSSR count). The SMILES string of the molecule is CCCCCc1ccc2c3ccccc3c3ccccc3c2c1CCCCC. The molecule has 0 heteroatoms. The Kier molecular flexibility index (Phi) is 5.95. The van der Waals surface area contributed by atoms with E-state index in [2.05, 4.69) is 74.5 Å². The van der Waals surface area contributed by atoms with Crippen LogP contribution in [0.4, 0.5) is 0 Å². The fourth-order valence-corrected chi connectivity index (χ4v) is 4.75. The van der Waals surface area contributed by atoms with Crippen molar-refractivity contribution in [3.05, 3.63) is 71.8 Å². The number of hydrogen-bond donors (Lipinski definition) is 0. The lowest BCUT2D eigenvalue weighted by Crippen LogP contribution is -1.98. The first-order valence-electron chi connectivity index (χ1n) is 11.2. The van der Waals surface area contributed by atoms with Crippen molar-refractivity contribution >= 4 is 32.3 Å². The average molecular weight is 369 g/mol. The second-order valence-corrected chi connectivity index (χ2v) is 8.13. The Labute approximate surface area is 169 Å². The van der Waals surface area contributed by atoms with E-state index in [9.17, 15) is 0 Å². The van der Waals surface area contributed by atoms with Crippen LogP contribution in [0.25, 0.3) is 32.3 Å². The molecule has 0 aliphatic rings. The van der Waals surface area contributed by atoms with E-state index in [-0.39, 0.29) is 0 Å².